The Bertz CT molecular complexity index is 557. The lowest BCUT2D eigenvalue weighted by molar-refractivity contribution is 0.907. The highest BCUT2D eigenvalue weighted by Crippen LogP contribution is 2.24. The molecule has 0 radical (unpaired) electrons. The molecule has 102 valence electrons. The zero-order valence-electron chi connectivity index (χ0n) is 10.9. The van der Waals surface area contributed by atoms with E-state index >= 15 is 0 Å². The zero-order valence-corrected chi connectivity index (χ0v) is 12.4. The first kappa shape index (κ1) is 13.9. The summed E-state index contributed by atoms with van der Waals surface area (Å²) in [5.41, 5.74) is 5.72. The van der Waals surface area contributed by atoms with E-state index in [9.17, 15) is 0 Å². The van der Waals surface area contributed by atoms with Crippen LogP contribution in [0.25, 0.3) is 0 Å². The molecule has 0 unspecified atom stereocenters. The summed E-state index contributed by atoms with van der Waals surface area (Å²) in [6.07, 6.45) is 0. The second kappa shape index (κ2) is 6.08. The van der Waals surface area contributed by atoms with Gasteiger partial charge in [-0.05, 0) is 19.1 Å². The van der Waals surface area contributed by atoms with Crippen molar-refractivity contribution in [3.63, 3.8) is 0 Å². The van der Waals surface area contributed by atoms with E-state index in [4.69, 9.17) is 17.3 Å². The monoisotopic (exact) mass is 297 g/mol. The predicted molar refractivity (Wildman–Crippen MR) is 82.0 cm³/mol. The van der Waals surface area contributed by atoms with Gasteiger partial charge in [-0.25, -0.2) is 0 Å². The minimum Gasteiger partial charge on any atom is -0.370 e. The van der Waals surface area contributed by atoms with Crippen molar-refractivity contribution >= 4 is 40.5 Å². The number of thiophene rings is 1. The van der Waals surface area contributed by atoms with Crippen molar-refractivity contribution in [3.05, 3.63) is 27.4 Å². The van der Waals surface area contributed by atoms with Crippen LogP contribution >= 0.6 is 22.9 Å². The molecule has 0 aliphatic rings. The maximum Gasteiger partial charge on any atom is 0.223 e. The molecule has 0 saturated heterocycles. The fraction of sp³-hybridized carbons (Fsp3) is 0.333. The molecular weight excluding hydrogens is 282 g/mol. The summed E-state index contributed by atoms with van der Waals surface area (Å²) in [4.78, 5) is 11.6. The molecule has 0 aliphatic heterocycles. The third-order valence-corrected chi connectivity index (χ3v) is 3.72. The number of anilines is 3. The average Bonchev–Trinajstić information content (AvgIpc) is 2.74. The molecule has 2 aromatic rings. The Balaban J connectivity index is 2.15. The van der Waals surface area contributed by atoms with Gasteiger partial charge in [-0.2, -0.15) is 9.97 Å². The molecule has 5 nitrogen and oxygen atoms in total. The Hall–Kier alpha value is -1.53. The summed E-state index contributed by atoms with van der Waals surface area (Å²) in [6.45, 7) is 3.54. The quantitative estimate of drug-likeness (QED) is 0.888. The summed E-state index contributed by atoms with van der Waals surface area (Å²) in [7, 11) is 1.96. The highest BCUT2D eigenvalue weighted by molar-refractivity contribution is 7.16. The lowest BCUT2D eigenvalue weighted by Gasteiger charge is -2.18. The van der Waals surface area contributed by atoms with Gasteiger partial charge < -0.3 is 16.0 Å². The van der Waals surface area contributed by atoms with Gasteiger partial charge in [0, 0.05) is 24.5 Å². The van der Waals surface area contributed by atoms with E-state index in [-0.39, 0.29) is 5.95 Å². The Morgan fingerprint density at radius 1 is 1.42 bits per heavy atom. The van der Waals surface area contributed by atoms with Crippen molar-refractivity contribution in [2.45, 2.75) is 13.5 Å². The van der Waals surface area contributed by atoms with Gasteiger partial charge in [-0.3, -0.25) is 0 Å². The summed E-state index contributed by atoms with van der Waals surface area (Å²) < 4.78 is 0.791. The highest BCUT2D eigenvalue weighted by atomic mass is 35.5. The number of nitrogens with one attached hydrogen (secondary N) is 1. The van der Waals surface area contributed by atoms with Crippen LogP contribution in [0, 0.1) is 0 Å². The number of nitrogens with two attached hydrogens (primary N) is 1. The Morgan fingerprint density at radius 3 is 2.84 bits per heavy atom. The van der Waals surface area contributed by atoms with Crippen LogP contribution in [-0.2, 0) is 6.54 Å². The van der Waals surface area contributed by atoms with Crippen LogP contribution in [0.5, 0.6) is 0 Å². The molecule has 2 heterocycles. The maximum absolute atomic E-state index is 5.93. The molecule has 0 aromatic carbocycles. The van der Waals surface area contributed by atoms with Gasteiger partial charge in [-0.15, -0.1) is 11.3 Å². The molecule has 0 aliphatic carbocycles. The van der Waals surface area contributed by atoms with Crippen LogP contribution in [0.1, 0.15) is 11.8 Å². The minimum atomic E-state index is 0.268. The SMILES string of the molecule is CCNc1cc(N(C)Cc2ccc(Cl)s2)nc(N)n1. The van der Waals surface area contributed by atoms with Gasteiger partial charge in [0.05, 0.1) is 10.9 Å². The van der Waals surface area contributed by atoms with Crippen LogP contribution in [0.4, 0.5) is 17.6 Å². The molecule has 7 heteroatoms. The zero-order chi connectivity index (χ0) is 13.8. The number of nitrogen functional groups attached to an aromatic ring is 1. The third kappa shape index (κ3) is 3.71. The number of hydrogen-bond acceptors (Lipinski definition) is 6. The topological polar surface area (TPSA) is 67.1 Å². The summed E-state index contributed by atoms with van der Waals surface area (Å²) in [5, 5.41) is 3.14. The van der Waals surface area contributed by atoms with Crippen LogP contribution in [-0.4, -0.2) is 23.6 Å². The Labute approximate surface area is 121 Å². The van der Waals surface area contributed by atoms with Crippen LogP contribution in [0.2, 0.25) is 4.34 Å². The average molecular weight is 298 g/mol. The van der Waals surface area contributed by atoms with Crippen LogP contribution in [0.15, 0.2) is 18.2 Å². The molecule has 0 spiro atoms. The van der Waals surface area contributed by atoms with Gasteiger partial charge in [0.15, 0.2) is 0 Å². The lowest BCUT2D eigenvalue weighted by Crippen LogP contribution is -2.18. The molecule has 0 fully saturated rings. The second-order valence-electron chi connectivity index (χ2n) is 4.06. The summed E-state index contributed by atoms with van der Waals surface area (Å²) in [5.74, 6) is 1.79. The second-order valence-corrected chi connectivity index (χ2v) is 5.86. The molecule has 19 heavy (non-hydrogen) atoms. The maximum atomic E-state index is 5.93. The van der Waals surface area contributed by atoms with Crippen molar-refractivity contribution in [3.8, 4) is 0 Å². The molecular formula is C12H16ClN5S. The van der Waals surface area contributed by atoms with Crippen LogP contribution < -0.4 is 16.0 Å². The first-order valence-corrected chi connectivity index (χ1v) is 7.11. The summed E-state index contributed by atoms with van der Waals surface area (Å²) in [6, 6.07) is 5.79. The van der Waals surface area contributed by atoms with Gasteiger partial charge in [0.2, 0.25) is 5.95 Å². The lowest BCUT2D eigenvalue weighted by atomic mass is 10.4. The van der Waals surface area contributed by atoms with Gasteiger partial charge in [0.25, 0.3) is 0 Å². The molecule has 0 saturated carbocycles. The normalized spacial score (nSPS) is 10.5. The van der Waals surface area contributed by atoms with E-state index in [0.29, 0.717) is 0 Å². The number of hydrogen-bond donors (Lipinski definition) is 2. The molecule has 2 aromatic heterocycles. The first-order valence-electron chi connectivity index (χ1n) is 5.92. The van der Waals surface area contributed by atoms with Gasteiger partial charge >= 0.3 is 0 Å². The van der Waals surface area contributed by atoms with Crippen molar-refractivity contribution in [1.82, 2.24) is 9.97 Å². The first-order chi connectivity index (χ1) is 9.08. The largest absolute Gasteiger partial charge is 0.370 e. The third-order valence-electron chi connectivity index (χ3n) is 2.50. The van der Waals surface area contributed by atoms with Gasteiger partial charge in [-0.1, -0.05) is 11.6 Å². The number of halogens is 1. The van der Waals surface area contributed by atoms with Gasteiger partial charge in [0.1, 0.15) is 11.6 Å². The standard InChI is InChI=1S/C12H16ClN5S/c1-3-15-10-6-11(17-12(14)16-10)18(2)7-8-4-5-9(13)19-8/h4-6H,3,7H2,1-2H3,(H3,14,15,16,17). The van der Waals surface area contributed by atoms with Crippen LogP contribution in [0.3, 0.4) is 0 Å². The fourth-order valence-corrected chi connectivity index (χ4v) is 2.81. The molecule has 3 N–H and O–H groups in total. The van der Waals surface area contributed by atoms with E-state index in [0.717, 1.165) is 29.1 Å². The molecule has 0 bridgehead atoms. The molecule has 2 rings (SSSR count). The number of nitrogens with zero attached hydrogens (tertiary/aromatic N) is 3. The van der Waals surface area contributed by atoms with E-state index in [1.807, 2.05) is 37.1 Å². The van der Waals surface area contributed by atoms with E-state index < -0.39 is 0 Å². The number of rotatable bonds is 5. The number of aromatic nitrogens is 2. The van der Waals surface area contributed by atoms with E-state index in [1.165, 1.54) is 4.88 Å². The van der Waals surface area contributed by atoms with E-state index in [2.05, 4.69) is 15.3 Å². The molecule has 0 atom stereocenters. The predicted octanol–water partition coefficient (Wildman–Crippen LogP) is 2.84. The summed E-state index contributed by atoms with van der Waals surface area (Å²) >= 11 is 7.49. The van der Waals surface area contributed by atoms with Crippen molar-refractivity contribution in [2.75, 3.05) is 29.5 Å². The van der Waals surface area contributed by atoms with Crippen molar-refractivity contribution in [1.29, 1.82) is 0 Å². The van der Waals surface area contributed by atoms with E-state index in [1.54, 1.807) is 11.3 Å². The smallest absolute Gasteiger partial charge is 0.223 e. The minimum absolute atomic E-state index is 0.268. The molecule has 0 amide bonds. The fourth-order valence-electron chi connectivity index (χ4n) is 1.67. The Morgan fingerprint density at radius 2 is 2.21 bits per heavy atom. The van der Waals surface area contributed by atoms with Crippen molar-refractivity contribution in [2.24, 2.45) is 0 Å². The highest BCUT2D eigenvalue weighted by Gasteiger charge is 2.08. The Kier molecular flexibility index (Phi) is 4.44. The van der Waals surface area contributed by atoms with Crippen molar-refractivity contribution < 1.29 is 0 Å².